The van der Waals surface area contributed by atoms with E-state index in [1.807, 2.05) is 65.9 Å². The fourth-order valence-electron chi connectivity index (χ4n) is 2.96. The smallest absolute Gasteiger partial charge is 0.251 e. The zero-order chi connectivity index (χ0) is 18.8. The minimum absolute atomic E-state index is 0.0881. The van der Waals surface area contributed by atoms with Crippen LogP contribution in [-0.4, -0.2) is 20.5 Å². The Morgan fingerprint density at radius 3 is 2.63 bits per heavy atom. The van der Waals surface area contributed by atoms with Crippen LogP contribution < -0.4 is 5.32 Å². The zero-order valence-electron chi connectivity index (χ0n) is 14.6. The first-order valence-electron chi connectivity index (χ1n) is 8.58. The van der Waals surface area contributed by atoms with Gasteiger partial charge in [0.2, 0.25) is 0 Å². The van der Waals surface area contributed by atoms with Gasteiger partial charge in [-0.2, -0.15) is 0 Å². The summed E-state index contributed by atoms with van der Waals surface area (Å²) < 4.78 is 1.84. The molecule has 4 rings (SSSR count). The molecule has 1 amide bonds. The molecule has 0 aliphatic heterocycles. The number of carbonyl (C=O) groups is 1. The van der Waals surface area contributed by atoms with Crippen LogP contribution in [0.15, 0.2) is 72.9 Å². The average molecular weight is 377 g/mol. The number of hydrogen-bond donors (Lipinski definition) is 1. The second kappa shape index (κ2) is 7.21. The Hall–Kier alpha value is -3.18. The Balaban J connectivity index is 1.60. The van der Waals surface area contributed by atoms with Crippen molar-refractivity contribution >= 4 is 23.2 Å². The molecule has 0 radical (unpaired) electrons. The van der Waals surface area contributed by atoms with Gasteiger partial charge < -0.3 is 5.32 Å². The molecule has 1 N–H and O–H groups in total. The molecule has 27 heavy (non-hydrogen) atoms. The van der Waals surface area contributed by atoms with Crippen molar-refractivity contribution in [2.75, 3.05) is 0 Å². The number of rotatable bonds is 4. The second-order valence-electron chi connectivity index (χ2n) is 6.28. The van der Waals surface area contributed by atoms with Crippen LogP contribution >= 0.6 is 11.6 Å². The van der Waals surface area contributed by atoms with E-state index in [1.54, 1.807) is 18.3 Å². The van der Waals surface area contributed by atoms with Gasteiger partial charge >= 0.3 is 0 Å². The maximum atomic E-state index is 12.6. The summed E-state index contributed by atoms with van der Waals surface area (Å²) in [7, 11) is 0. The first kappa shape index (κ1) is 17.2. The summed E-state index contributed by atoms with van der Waals surface area (Å²) in [6, 6.07) is 20.7. The Morgan fingerprint density at radius 1 is 1.04 bits per heavy atom. The standard InChI is InChI=1S/C21H17ClN4O/c1-14(15-6-3-2-4-7-15)23-21(27)17-10-11-26-19(13-17)24-25-20(26)16-8-5-9-18(22)12-16/h2-14H,1H3,(H,23,27)/t14-/m0/s1. The number of amides is 1. The van der Waals surface area contributed by atoms with Gasteiger partial charge in [0, 0.05) is 22.3 Å². The molecule has 0 spiro atoms. The number of carbonyl (C=O) groups excluding carboxylic acids is 1. The fourth-order valence-corrected chi connectivity index (χ4v) is 3.15. The predicted octanol–water partition coefficient (Wildman–Crippen LogP) is 4.54. The second-order valence-corrected chi connectivity index (χ2v) is 6.72. The first-order valence-corrected chi connectivity index (χ1v) is 8.96. The number of pyridine rings is 1. The number of halogens is 1. The zero-order valence-corrected chi connectivity index (χ0v) is 15.4. The van der Waals surface area contributed by atoms with Crippen molar-refractivity contribution in [2.24, 2.45) is 0 Å². The van der Waals surface area contributed by atoms with E-state index in [4.69, 9.17) is 11.6 Å². The highest BCUT2D eigenvalue weighted by Crippen LogP contribution is 2.22. The molecule has 134 valence electrons. The van der Waals surface area contributed by atoms with Gasteiger partial charge in [-0.3, -0.25) is 9.20 Å². The van der Waals surface area contributed by atoms with E-state index in [0.717, 1.165) is 11.1 Å². The highest BCUT2D eigenvalue weighted by atomic mass is 35.5. The third-order valence-electron chi connectivity index (χ3n) is 4.40. The molecule has 6 heteroatoms. The van der Waals surface area contributed by atoms with Gasteiger partial charge in [-0.15, -0.1) is 10.2 Å². The molecule has 2 aromatic carbocycles. The van der Waals surface area contributed by atoms with Crippen molar-refractivity contribution in [1.29, 1.82) is 0 Å². The lowest BCUT2D eigenvalue weighted by molar-refractivity contribution is 0.0940. The summed E-state index contributed by atoms with van der Waals surface area (Å²) in [5.41, 5.74) is 3.06. The summed E-state index contributed by atoms with van der Waals surface area (Å²) in [5.74, 6) is 0.526. The number of hydrogen-bond acceptors (Lipinski definition) is 3. The van der Waals surface area contributed by atoms with Crippen LogP contribution in [0.5, 0.6) is 0 Å². The van der Waals surface area contributed by atoms with Crippen LogP contribution in [0.25, 0.3) is 17.0 Å². The maximum absolute atomic E-state index is 12.6. The third kappa shape index (κ3) is 3.55. The van der Waals surface area contributed by atoms with Crippen LogP contribution in [0.2, 0.25) is 5.02 Å². The quantitative estimate of drug-likeness (QED) is 0.568. The van der Waals surface area contributed by atoms with Crippen molar-refractivity contribution in [2.45, 2.75) is 13.0 Å². The normalized spacial score (nSPS) is 12.1. The Labute approximate surface area is 161 Å². The molecular weight excluding hydrogens is 360 g/mol. The number of fused-ring (bicyclic) bond motifs is 1. The summed E-state index contributed by atoms with van der Waals surface area (Å²) in [6.07, 6.45) is 1.80. The van der Waals surface area contributed by atoms with E-state index in [0.29, 0.717) is 22.1 Å². The fraction of sp³-hybridized carbons (Fsp3) is 0.0952. The van der Waals surface area contributed by atoms with Crippen LogP contribution in [0, 0.1) is 0 Å². The minimum Gasteiger partial charge on any atom is -0.346 e. The molecule has 2 heterocycles. The van der Waals surface area contributed by atoms with E-state index in [2.05, 4.69) is 15.5 Å². The Morgan fingerprint density at radius 2 is 1.85 bits per heavy atom. The van der Waals surface area contributed by atoms with Gasteiger partial charge in [-0.05, 0) is 36.8 Å². The van der Waals surface area contributed by atoms with Gasteiger partial charge in [0.25, 0.3) is 5.91 Å². The van der Waals surface area contributed by atoms with Crippen molar-refractivity contribution in [1.82, 2.24) is 19.9 Å². The number of aromatic nitrogens is 3. The predicted molar refractivity (Wildman–Crippen MR) is 106 cm³/mol. The topological polar surface area (TPSA) is 59.3 Å². The van der Waals surface area contributed by atoms with E-state index >= 15 is 0 Å². The van der Waals surface area contributed by atoms with E-state index in [1.165, 1.54) is 0 Å². The van der Waals surface area contributed by atoms with Crippen LogP contribution in [0.1, 0.15) is 28.9 Å². The number of benzene rings is 2. The SMILES string of the molecule is C[C@H](NC(=O)c1ccn2c(-c3cccc(Cl)c3)nnc2c1)c1ccccc1. The molecule has 0 fully saturated rings. The molecule has 1 atom stereocenters. The molecule has 0 bridgehead atoms. The lowest BCUT2D eigenvalue weighted by Crippen LogP contribution is -2.26. The van der Waals surface area contributed by atoms with Crippen molar-refractivity contribution in [3.05, 3.63) is 89.1 Å². The van der Waals surface area contributed by atoms with E-state index in [9.17, 15) is 4.79 Å². The maximum Gasteiger partial charge on any atom is 0.251 e. The number of nitrogens with zero attached hydrogens (tertiary/aromatic N) is 3. The first-order chi connectivity index (χ1) is 13.1. The molecule has 0 saturated heterocycles. The molecular formula is C21H17ClN4O. The Bertz CT molecular complexity index is 1110. The summed E-state index contributed by atoms with van der Waals surface area (Å²) in [6.45, 7) is 1.96. The van der Waals surface area contributed by atoms with Crippen molar-refractivity contribution < 1.29 is 4.79 Å². The lowest BCUT2D eigenvalue weighted by Gasteiger charge is -2.14. The molecule has 0 saturated carbocycles. The summed E-state index contributed by atoms with van der Waals surface area (Å²) in [4.78, 5) is 12.6. The highest BCUT2D eigenvalue weighted by molar-refractivity contribution is 6.30. The molecule has 4 aromatic rings. The van der Waals surface area contributed by atoms with Gasteiger partial charge in [-0.25, -0.2) is 0 Å². The van der Waals surface area contributed by atoms with Crippen LogP contribution in [0.3, 0.4) is 0 Å². The van der Waals surface area contributed by atoms with Crippen LogP contribution in [0.4, 0.5) is 0 Å². The summed E-state index contributed by atoms with van der Waals surface area (Å²) in [5, 5.41) is 12.1. The van der Waals surface area contributed by atoms with Gasteiger partial charge in [0.1, 0.15) is 0 Å². The summed E-state index contributed by atoms with van der Waals surface area (Å²) >= 11 is 6.07. The van der Waals surface area contributed by atoms with E-state index < -0.39 is 0 Å². The molecule has 0 aliphatic carbocycles. The van der Waals surface area contributed by atoms with Crippen molar-refractivity contribution in [3.8, 4) is 11.4 Å². The largest absolute Gasteiger partial charge is 0.346 e. The van der Waals surface area contributed by atoms with Gasteiger partial charge in [0.15, 0.2) is 11.5 Å². The van der Waals surface area contributed by atoms with E-state index in [-0.39, 0.29) is 11.9 Å². The molecule has 2 aromatic heterocycles. The van der Waals surface area contributed by atoms with Gasteiger partial charge in [0.05, 0.1) is 6.04 Å². The highest BCUT2D eigenvalue weighted by Gasteiger charge is 2.14. The third-order valence-corrected chi connectivity index (χ3v) is 4.64. The lowest BCUT2D eigenvalue weighted by atomic mass is 10.1. The average Bonchev–Trinajstić information content (AvgIpc) is 3.12. The number of nitrogens with one attached hydrogen (secondary N) is 1. The van der Waals surface area contributed by atoms with Crippen LogP contribution in [-0.2, 0) is 0 Å². The minimum atomic E-state index is -0.152. The Kier molecular flexibility index (Phi) is 4.60. The molecule has 0 unspecified atom stereocenters. The van der Waals surface area contributed by atoms with Crippen molar-refractivity contribution in [3.63, 3.8) is 0 Å². The monoisotopic (exact) mass is 376 g/mol. The molecule has 5 nitrogen and oxygen atoms in total. The van der Waals surface area contributed by atoms with Gasteiger partial charge in [-0.1, -0.05) is 54.1 Å². The molecule has 0 aliphatic rings.